The third-order valence-electron chi connectivity index (χ3n) is 6.64. The van der Waals surface area contributed by atoms with Crippen LogP contribution in [0.15, 0.2) is 36.4 Å². The average Bonchev–Trinajstić information content (AvgIpc) is 2.97. The maximum atomic E-state index is 13.5. The number of hydrogen-bond acceptors (Lipinski definition) is 4. The fraction of sp³-hybridized carbons (Fsp3) is 0.444. The summed E-state index contributed by atoms with van der Waals surface area (Å²) in [4.78, 5) is 29.3. The number of benzene rings is 2. The van der Waals surface area contributed by atoms with Crippen molar-refractivity contribution in [1.29, 1.82) is 5.26 Å². The van der Waals surface area contributed by atoms with Crippen molar-refractivity contribution in [1.82, 2.24) is 4.90 Å². The molecule has 2 aromatic rings. The van der Waals surface area contributed by atoms with Gasteiger partial charge in [-0.15, -0.1) is 0 Å². The van der Waals surface area contributed by atoms with E-state index in [-0.39, 0.29) is 23.5 Å². The molecule has 0 atom stereocenters. The van der Waals surface area contributed by atoms with Gasteiger partial charge in [0.15, 0.2) is 0 Å². The predicted octanol–water partition coefficient (Wildman–Crippen LogP) is 6.28. The summed E-state index contributed by atoms with van der Waals surface area (Å²) in [6, 6.07) is 13.5. The minimum absolute atomic E-state index is 0.0850. The predicted molar refractivity (Wildman–Crippen MR) is 133 cm³/mol. The van der Waals surface area contributed by atoms with Crippen LogP contribution in [-0.2, 0) is 14.9 Å². The van der Waals surface area contributed by atoms with Gasteiger partial charge in [0.1, 0.15) is 11.7 Å². The average molecular weight is 480 g/mol. The fourth-order valence-corrected chi connectivity index (χ4v) is 5.00. The molecule has 0 bridgehead atoms. The Morgan fingerprint density at radius 3 is 2.44 bits per heavy atom. The van der Waals surface area contributed by atoms with Gasteiger partial charge in [0, 0.05) is 13.1 Å². The van der Waals surface area contributed by atoms with Crippen molar-refractivity contribution in [2.45, 2.75) is 64.4 Å². The highest BCUT2D eigenvalue weighted by molar-refractivity contribution is 6.32. The molecule has 2 heterocycles. The Morgan fingerprint density at radius 1 is 1.15 bits per heavy atom. The van der Waals surface area contributed by atoms with Gasteiger partial charge >= 0.3 is 6.09 Å². The van der Waals surface area contributed by atoms with Gasteiger partial charge in [-0.2, -0.15) is 5.26 Å². The number of nitrogens with zero attached hydrogens (tertiary/aromatic N) is 3. The lowest BCUT2D eigenvalue weighted by molar-refractivity contribution is -0.121. The zero-order chi connectivity index (χ0) is 24.8. The summed E-state index contributed by atoms with van der Waals surface area (Å²) in [5, 5.41) is 10.0. The summed E-state index contributed by atoms with van der Waals surface area (Å²) in [7, 11) is 0. The van der Waals surface area contributed by atoms with Crippen LogP contribution in [-0.4, -0.2) is 35.6 Å². The van der Waals surface area contributed by atoms with Gasteiger partial charge in [-0.1, -0.05) is 29.8 Å². The summed E-state index contributed by atoms with van der Waals surface area (Å²) in [5.74, 6) is 0.178. The number of ether oxygens (including phenoxy) is 1. The summed E-state index contributed by atoms with van der Waals surface area (Å²) in [6.45, 7) is 10.7. The first kappa shape index (κ1) is 24.1. The van der Waals surface area contributed by atoms with E-state index in [4.69, 9.17) is 16.3 Å². The number of amides is 2. The normalized spacial score (nSPS) is 18.0. The monoisotopic (exact) mass is 479 g/mol. The third kappa shape index (κ3) is 4.25. The van der Waals surface area contributed by atoms with Crippen molar-refractivity contribution >= 4 is 35.0 Å². The topological polar surface area (TPSA) is 73.6 Å². The van der Waals surface area contributed by atoms with E-state index in [1.807, 2.05) is 40.7 Å². The second kappa shape index (κ2) is 8.63. The molecule has 2 aromatic carbocycles. The van der Waals surface area contributed by atoms with Crippen LogP contribution in [0.4, 0.5) is 16.2 Å². The lowest BCUT2D eigenvalue weighted by Gasteiger charge is -2.34. The minimum Gasteiger partial charge on any atom is -0.444 e. The van der Waals surface area contributed by atoms with E-state index < -0.39 is 11.0 Å². The molecule has 7 heteroatoms. The van der Waals surface area contributed by atoms with Gasteiger partial charge < -0.3 is 9.64 Å². The van der Waals surface area contributed by atoms with E-state index in [1.165, 1.54) is 0 Å². The zero-order valence-corrected chi connectivity index (χ0v) is 21.1. The molecule has 2 aliphatic heterocycles. The SMILES string of the molecule is CC(C)(C)OC(=O)N1CCC(c2ccc3c(c2)N(c2cccc(Cl)c2C#N)C(=O)C3(C)C)CC1. The van der Waals surface area contributed by atoms with E-state index in [0.717, 1.165) is 29.7 Å². The highest BCUT2D eigenvalue weighted by atomic mass is 35.5. The largest absolute Gasteiger partial charge is 0.444 e. The van der Waals surface area contributed by atoms with Crippen LogP contribution in [0, 0.1) is 11.3 Å². The van der Waals surface area contributed by atoms with Crippen LogP contribution < -0.4 is 4.90 Å². The van der Waals surface area contributed by atoms with E-state index >= 15 is 0 Å². The molecule has 178 valence electrons. The van der Waals surface area contributed by atoms with Crippen molar-refractivity contribution in [3.05, 3.63) is 58.1 Å². The van der Waals surface area contributed by atoms with Crippen molar-refractivity contribution < 1.29 is 14.3 Å². The van der Waals surface area contributed by atoms with Gasteiger partial charge in [-0.25, -0.2) is 4.79 Å². The smallest absolute Gasteiger partial charge is 0.410 e. The van der Waals surface area contributed by atoms with Gasteiger partial charge in [-0.05, 0) is 82.7 Å². The summed E-state index contributed by atoms with van der Waals surface area (Å²) >= 11 is 6.28. The Morgan fingerprint density at radius 2 is 1.82 bits per heavy atom. The van der Waals surface area contributed by atoms with E-state index in [9.17, 15) is 14.9 Å². The van der Waals surface area contributed by atoms with Crippen LogP contribution >= 0.6 is 11.6 Å². The number of halogens is 1. The highest BCUT2D eigenvalue weighted by Gasteiger charge is 2.45. The minimum atomic E-state index is -0.719. The quantitative estimate of drug-likeness (QED) is 0.507. The number of hydrogen-bond donors (Lipinski definition) is 0. The summed E-state index contributed by atoms with van der Waals surface area (Å²) in [5.41, 5.74) is 2.40. The third-order valence-corrected chi connectivity index (χ3v) is 6.95. The second-order valence-electron chi connectivity index (χ2n) is 10.5. The molecule has 0 unspecified atom stereocenters. The second-order valence-corrected chi connectivity index (χ2v) is 10.9. The molecule has 0 aromatic heterocycles. The van der Waals surface area contributed by atoms with Crippen molar-refractivity contribution in [2.75, 3.05) is 18.0 Å². The van der Waals surface area contributed by atoms with E-state index in [0.29, 0.717) is 23.8 Å². The number of anilines is 2. The van der Waals surface area contributed by atoms with Crippen LogP contribution in [0.25, 0.3) is 0 Å². The number of fused-ring (bicyclic) bond motifs is 1. The van der Waals surface area contributed by atoms with Crippen molar-refractivity contribution in [2.24, 2.45) is 0 Å². The lowest BCUT2D eigenvalue weighted by atomic mass is 9.83. The van der Waals surface area contributed by atoms with Crippen LogP contribution in [0.2, 0.25) is 5.02 Å². The Balaban J connectivity index is 1.63. The number of rotatable bonds is 2. The van der Waals surface area contributed by atoms with Gasteiger partial charge in [-0.3, -0.25) is 9.69 Å². The zero-order valence-electron chi connectivity index (χ0n) is 20.3. The Bertz CT molecular complexity index is 1180. The maximum Gasteiger partial charge on any atom is 0.410 e. The molecule has 0 saturated carbocycles. The number of nitriles is 1. The van der Waals surface area contributed by atoms with Crippen LogP contribution in [0.5, 0.6) is 0 Å². The first-order valence-corrected chi connectivity index (χ1v) is 12.0. The number of piperidine rings is 1. The fourth-order valence-electron chi connectivity index (χ4n) is 4.79. The summed E-state index contributed by atoms with van der Waals surface area (Å²) in [6.07, 6.45) is 1.36. The van der Waals surface area contributed by atoms with Crippen molar-refractivity contribution in [3.63, 3.8) is 0 Å². The highest BCUT2D eigenvalue weighted by Crippen LogP contribution is 2.48. The lowest BCUT2D eigenvalue weighted by Crippen LogP contribution is -2.41. The molecule has 6 nitrogen and oxygen atoms in total. The molecule has 2 amide bonds. The Hall–Kier alpha value is -3.04. The Labute approximate surface area is 206 Å². The van der Waals surface area contributed by atoms with E-state index in [1.54, 1.807) is 28.0 Å². The van der Waals surface area contributed by atoms with Gasteiger partial charge in [0.05, 0.1) is 27.4 Å². The summed E-state index contributed by atoms with van der Waals surface area (Å²) < 4.78 is 5.51. The molecule has 0 radical (unpaired) electrons. The molecule has 34 heavy (non-hydrogen) atoms. The molecular formula is C27H30ClN3O3. The van der Waals surface area contributed by atoms with Gasteiger partial charge in [0.2, 0.25) is 5.91 Å². The standard InChI is InChI=1S/C27H30ClN3O3/c1-26(2,3)34-25(33)30-13-11-17(12-14-30)18-9-10-20-23(15-18)31(24(32)27(20,4)5)22-8-6-7-21(28)19(22)16-29/h6-10,15,17H,11-14H2,1-5H3. The molecule has 1 saturated heterocycles. The molecule has 1 fully saturated rings. The molecule has 2 aliphatic rings. The molecule has 0 N–H and O–H groups in total. The first-order chi connectivity index (χ1) is 15.9. The number of carbonyl (C=O) groups excluding carboxylic acids is 2. The van der Waals surface area contributed by atoms with Gasteiger partial charge in [0.25, 0.3) is 0 Å². The Kier molecular flexibility index (Phi) is 6.12. The molecule has 0 aliphatic carbocycles. The van der Waals surface area contributed by atoms with Crippen molar-refractivity contribution in [3.8, 4) is 6.07 Å². The first-order valence-electron chi connectivity index (χ1n) is 11.6. The van der Waals surface area contributed by atoms with Crippen LogP contribution in [0.3, 0.4) is 0 Å². The molecular weight excluding hydrogens is 450 g/mol. The maximum absolute atomic E-state index is 13.5. The van der Waals surface area contributed by atoms with E-state index in [2.05, 4.69) is 18.2 Å². The molecule has 4 rings (SSSR count). The number of likely N-dealkylation sites (tertiary alicyclic amines) is 1. The number of carbonyl (C=O) groups is 2. The molecule has 0 spiro atoms. The van der Waals surface area contributed by atoms with Crippen LogP contribution in [0.1, 0.15) is 70.1 Å².